The van der Waals surface area contributed by atoms with Gasteiger partial charge in [0.25, 0.3) is 0 Å². The van der Waals surface area contributed by atoms with Gasteiger partial charge in [-0.15, -0.1) is 0 Å². The first-order valence-corrected chi connectivity index (χ1v) is 6.66. The molecule has 0 saturated heterocycles. The Kier molecular flexibility index (Phi) is 1.79. The molecule has 1 fully saturated rings. The van der Waals surface area contributed by atoms with E-state index in [-0.39, 0.29) is 5.60 Å². The third-order valence-electron chi connectivity index (χ3n) is 5.27. The minimum absolute atomic E-state index is 0.0618. The maximum Gasteiger partial charge on any atom is 0.107 e. The van der Waals surface area contributed by atoms with E-state index in [2.05, 4.69) is 34.6 Å². The molecule has 0 radical (unpaired) electrons. The lowest BCUT2D eigenvalue weighted by atomic mass is 9.51. The molecule has 1 saturated carbocycles. The number of fused-ring (bicyclic) bond motifs is 2. The van der Waals surface area contributed by atoms with Gasteiger partial charge in [0.15, 0.2) is 0 Å². The quantitative estimate of drug-likeness (QED) is 0.592. The largest absolute Gasteiger partial charge is 0.492 e. The Hall–Kier alpha value is -0.460. The van der Waals surface area contributed by atoms with Crippen molar-refractivity contribution in [3.63, 3.8) is 0 Å². The number of ether oxygens (including phenoxy) is 1. The van der Waals surface area contributed by atoms with Crippen LogP contribution in [0.1, 0.15) is 60.3 Å². The Bertz CT molecular complexity index is 375. The van der Waals surface area contributed by atoms with Gasteiger partial charge in [0, 0.05) is 12.3 Å². The molecule has 0 spiro atoms. The Morgan fingerprint density at radius 2 is 1.75 bits per heavy atom. The van der Waals surface area contributed by atoms with E-state index >= 15 is 0 Å². The van der Waals surface area contributed by atoms with Crippen molar-refractivity contribution in [2.75, 3.05) is 0 Å². The van der Waals surface area contributed by atoms with E-state index in [1.54, 1.807) is 5.57 Å². The van der Waals surface area contributed by atoms with Crippen LogP contribution in [0.25, 0.3) is 0 Å². The Labute approximate surface area is 99.3 Å². The second kappa shape index (κ2) is 2.68. The maximum absolute atomic E-state index is 6.31. The minimum atomic E-state index is 0.0618. The summed E-state index contributed by atoms with van der Waals surface area (Å²) in [6.45, 7) is 11.8. The first kappa shape index (κ1) is 10.7. The predicted octanol–water partition coefficient (Wildman–Crippen LogP) is 4.29. The van der Waals surface area contributed by atoms with Crippen LogP contribution in [0.5, 0.6) is 0 Å². The molecule has 1 heteroatoms. The van der Waals surface area contributed by atoms with Crippen LogP contribution in [0.4, 0.5) is 0 Å². The monoisotopic (exact) mass is 220 g/mol. The fourth-order valence-corrected chi connectivity index (χ4v) is 4.39. The molecule has 0 N–H and O–H groups in total. The highest BCUT2D eigenvalue weighted by atomic mass is 16.5. The molecule has 0 amide bonds. The van der Waals surface area contributed by atoms with Crippen molar-refractivity contribution in [2.24, 2.45) is 16.7 Å². The lowest BCUT2D eigenvalue weighted by molar-refractivity contribution is -0.130. The van der Waals surface area contributed by atoms with E-state index in [0.29, 0.717) is 10.8 Å². The van der Waals surface area contributed by atoms with E-state index in [1.165, 1.54) is 25.0 Å². The summed E-state index contributed by atoms with van der Waals surface area (Å²) in [5.41, 5.74) is 2.61. The summed E-state index contributed by atoms with van der Waals surface area (Å²) < 4.78 is 6.31. The van der Waals surface area contributed by atoms with Crippen LogP contribution >= 0.6 is 0 Å². The molecular weight excluding hydrogens is 196 g/mol. The second-order valence-corrected chi connectivity index (χ2v) is 7.63. The maximum atomic E-state index is 6.31. The van der Waals surface area contributed by atoms with Gasteiger partial charge < -0.3 is 4.74 Å². The van der Waals surface area contributed by atoms with Gasteiger partial charge in [0.05, 0.1) is 5.76 Å². The highest BCUT2D eigenvalue weighted by Gasteiger charge is 2.59. The average molecular weight is 220 g/mol. The zero-order valence-corrected chi connectivity index (χ0v) is 11.3. The van der Waals surface area contributed by atoms with Crippen molar-refractivity contribution in [2.45, 2.75) is 65.9 Å². The van der Waals surface area contributed by atoms with Gasteiger partial charge in [-0.1, -0.05) is 20.8 Å². The zero-order valence-electron chi connectivity index (χ0n) is 11.3. The molecule has 0 aromatic rings. The minimum Gasteiger partial charge on any atom is -0.492 e. The molecule has 16 heavy (non-hydrogen) atoms. The fourth-order valence-electron chi connectivity index (χ4n) is 4.39. The van der Waals surface area contributed by atoms with Gasteiger partial charge in [-0.3, -0.25) is 0 Å². The number of hydrogen-bond acceptors (Lipinski definition) is 1. The van der Waals surface area contributed by atoms with Gasteiger partial charge in [-0.2, -0.15) is 0 Å². The molecule has 0 aromatic heterocycles. The first-order chi connectivity index (χ1) is 7.25. The SMILES string of the molecule is CC1(C)CC2=C(C1)[C@@]1(C)CC[C@H]1C(C)(C)O2. The summed E-state index contributed by atoms with van der Waals surface area (Å²) in [7, 11) is 0. The third kappa shape index (κ3) is 1.18. The molecule has 2 atom stereocenters. The van der Waals surface area contributed by atoms with Crippen LogP contribution in [-0.4, -0.2) is 5.60 Å². The standard InChI is InChI=1S/C15H24O/c1-13(2)8-10-11(9-13)16-14(3,4)12-6-7-15(10,12)5/h12H,6-9H2,1-5H3/t12-,15+/m0/s1. The first-order valence-electron chi connectivity index (χ1n) is 6.66. The lowest BCUT2D eigenvalue weighted by Gasteiger charge is -2.58. The van der Waals surface area contributed by atoms with Gasteiger partial charge in [0.2, 0.25) is 0 Å². The van der Waals surface area contributed by atoms with Crippen LogP contribution in [0.3, 0.4) is 0 Å². The van der Waals surface area contributed by atoms with Crippen LogP contribution in [0, 0.1) is 16.7 Å². The zero-order chi connectivity index (χ0) is 11.8. The average Bonchev–Trinajstić information content (AvgIpc) is 2.34. The molecule has 3 rings (SSSR count). The highest BCUT2D eigenvalue weighted by Crippen LogP contribution is 2.65. The van der Waals surface area contributed by atoms with Crippen LogP contribution in [-0.2, 0) is 4.74 Å². The van der Waals surface area contributed by atoms with E-state index in [9.17, 15) is 0 Å². The highest BCUT2D eigenvalue weighted by molar-refractivity contribution is 5.33. The number of allylic oxidation sites excluding steroid dienone is 2. The van der Waals surface area contributed by atoms with Gasteiger partial charge in [-0.25, -0.2) is 0 Å². The molecule has 3 aliphatic rings. The lowest BCUT2D eigenvalue weighted by Crippen LogP contribution is -2.54. The molecule has 1 aliphatic heterocycles. The second-order valence-electron chi connectivity index (χ2n) is 7.63. The van der Waals surface area contributed by atoms with Crippen LogP contribution in [0.15, 0.2) is 11.3 Å². The summed E-state index contributed by atoms with van der Waals surface area (Å²) in [5.74, 6) is 2.08. The van der Waals surface area contributed by atoms with Gasteiger partial charge in [-0.05, 0) is 49.5 Å². The Balaban J connectivity index is 2.03. The molecule has 1 heterocycles. The van der Waals surface area contributed by atoms with Crippen LogP contribution < -0.4 is 0 Å². The summed E-state index contributed by atoms with van der Waals surface area (Å²) in [6.07, 6.45) is 5.12. The summed E-state index contributed by atoms with van der Waals surface area (Å²) in [6, 6.07) is 0. The smallest absolute Gasteiger partial charge is 0.107 e. The molecule has 0 bridgehead atoms. The Morgan fingerprint density at radius 1 is 1.06 bits per heavy atom. The van der Waals surface area contributed by atoms with Crippen LogP contribution in [0.2, 0.25) is 0 Å². The third-order valence-corrected chi connectivity index (χ3v) is 5.27. The number of rotatable bonds is 0. The Morgan fingerprint density at radius 3 is 2.31 bits per heavy atom. The van der Waals surface area contributed by atoms with Crippen molar-refractivity contribution in [3.05, 3.63) is 11.3 Å². The summed E-state index contributed by atoms with van der Waals surface area (Å²) in [5, 5.41) is 0. The van der Waals surface area contributed by atoms with E-state index in [1.807, 2.05) is 0 Å². The topological polar surface area (TPSA) is 9.23 Å². The summed E-state index contributed by atoms with van der Waals surface area (Å²) >= 11 is 0. The van der Waals surface area contributed by atoms with Gasteiger partial charge in [0.1, 0.15) is 5.60 Å². The summed E-state index contributed by atoms with van der Waals surface area (Å²) in [4.78, 5) is 0. The van der Waals surface area contributed by atoms with Crippen molar-refractivity contribution >= 4 is 0 Å². The van der Waals surface area contributed by atoms with E-state index in [4.69, 9.17) is 4.74 Å². The van der Waals surface area contributed by atoms with Crippen molar-refractivity contribution < 1.29 is 4.74 Å². The van der Waals surface area contributed by atoms with E-state index in [0.717, 1.165) is 12.3 Å². The van der Waals surface area contributed by atoms with Crippen molar-refractivity contribution in [3.8, 4) is 0 Å². The molecule has 2 aliphatic carbocycles. The normalized spacial score (nSPS) is 43.2. The molecule has 0 aromatic carbocycles. The molecule has 0 unspecified atom stereocenters. The van der Waals surface area contributed by atoms with E-state index < -0.39 is 0 Å². The van der Waals surface area contributed by atoms with Gasteiger partial charge >= 0.3 is 0 Å². The fraction of sp³-hybridized carbons (Fsp3) is 0.867. The molecular formula is C15H24O. The number of hydrogen-bond donors (Lipinski definition) is 0. The van der Waals surface area contributed by atoms with Crippen molar-refractivity contribution in [1.82, 2.24) is 0 Å². The van der Waals surface area contributed by atoms with Crippen molar-refractivity contribution in [1.29, 1.82) is 0 Å². The molecule has 90 valence electrons. The predicted molar refractivity (Wildman–Crippen MR) is 66.0 cm³/mol. The molecule has 1 nitrogen and oxygen atoms in total.